The first-order chi connectivity index (χ1) is 6.09. The van der Waals surface area contributed by atoms with Gasteiger partial charge < -0.3 is 11.1 Å². The second-order valence-corrected chi connectivity index (χ2v) is 2.20. The number of rotatable bonds is 2. The van der Waals surface area contributed by atoms with E-state index >= 15 is 0 Å². The van der Waals surface area contributed by atoms with E-state index in [0.29, 0.717) is 5.82 Å². The van der Waals surface area contributed by atoms with Crippen LogP contribution in [0.25, 0.3) is 0 Å². The van der Waals surface area contributed by atoms with Gasteiger partial charge in [0.2, 0.25) is 0 Å². The average Bonchev–Trinajstić information content (AvgIpc) is 2.04. The summed E-state index contributed by atoms with van der Waals surface area (Å²) in [5.74, 6) is 0.0412. The van der Waals surface area contributed by atoms with Gasteiger partial charge in [-0.3, -0.25) is 15.5 Å². The van der Waals surface area contributed by atoms with Gasteiger partial charge in [-0.1, -0.05) is 0 Å². The second kappa shape index (κ2) is 3.48. The van der Waals surface area contributed by atoms with Crippen molar-refractivity contribution in [3.63, 3.8) is 0 Å². The molecule has 0 aliphatic carbocycles. The van der Waals surface area contributed by atoms with Gasteiger partial charge in [0.15, 0.2) is 5.96 Å². The lowest BCUT2D eigenvalue weighted by Crippen LogP contribution is -2.20. The van der Waals surface area contributed by atoms with Crippen LogP contribution in [0, 0.1) is 15.5 Å². The molecule has 0 unspecified atom stereocenters. The summed E-state index contributed by atoms with van der Waals surface area (Å²) in [5, 5.41) is 19.5. The zero-order valence-corrected chi connectivity index (χ0v) is 6.52. The molecule has 1 aromatic heterocycles. The molecule has 4 N–H and O–H groups in total. The van der Waals surface area contributed by atoms with Crippen molar-refractivity contribution in [1.82, 2.24) is 4.98 Å². The number of anilines is 1. The molecule has 7 heteroatoms. The molecule has 0 amide bonds. The van der Waals surface area contributed by atoms with Crippen LogP contribution in [0.3, 0.4) is 0 Å². The average molecular weight is 181 g/mol. The lowest BCUT2D eigenvalue weighted by atomic mass is 10.4. The van der Waals surface area contributed by atoms with Crippen LogP contribution in [0.15, 0.2) is 18.3 Å². The van der Waals surface area contributed by atoms with Crippen LogP contribution >= 0.6 is 0 Å². The molecule has 13 heavy (non-hydrogen) atoms. The molecule has 1 heterocycles. The van der Waals surface area contributed by atoms with E-state index in [0.717, 1.165) is 6.20 Å². The minimum atomic E-state index is -0.551. The van der Waals surface area contributed by atoms with E-state index < -0.39 is 4.92 Å². The molecule has 0 atom stereocenters. The van der Waals surface area contributed by atoms with Gasteiger partial charge in [-0.25, -0.2) is 4.98 Å². The fraction of sp³-hybridized carbons (Fsp3) is 0. The Hall–Kier alpha value is -2.18. The van der Waals surface area contributed by atoms with E-state index in [-0.39, 0.29) is 11.6 Å². The Kier molecular flexibility index (Phi) is 2.38. The van der Waals surface area contributed by atoms with Crippen LogP contribution < -0.4 is 11.1 Å². The maximum absolute atomic E-state index is 10.2. The van der Waals surface area contributed by atoms with E-state index in [4.69, 9.17) is 11.1 Å². The van der Waals surface area contributed by atoms with Gasteiger partial charge in [0.05, 0.1) is 4.92 Å². The molecular formula is C6H7N5O2. The highest BCUT2D eigenvalue weighted by molar-refractivity contribution is 5.88. The summed E-state index contributed by atoms with van der Waals surface area (Å²) in [6, 6.07) is 2.65. The Balaban J connectivity index is 2.81. The summed E-state index contributed by atoms with van der Waals surface area (Å²) in [5.41, 5.74) is 4.92. The number of nitrogens with two attached hydrogens (primary N) is 1. The van der Waals surface area contributed by atoms with Gasteiger partial charge in [0, 0.05) is 6.07 Å². The van der Waals surface area contributed by atoms with Crippen molar-refractivity contribution in [2.45, 2.75) is 0 Å². The topological polar surface area (TPSA) is 118 Å². The predicted molar refractivity (Wildman–Crippen MR) is 46.4 cm³/mol. The highest BCUT2D eigenvalue weighted by Crippen LogP contribution is 2.10. The van der Waals surface area contributed by atoms with E-state index in [1.165, 1.54) is 12.1 Å². The van der Waals surface area contributed by atoms with Crippen LogP contribution in [0.2, 0.25) is 0 Å². The fourth-order valence-electron chi connectivity index (χ4n) is 0.706. The third-order valence-corrected chi connectivity index (χ3v) is 1.22. The smallest absolute Gasteiger partial charge is 0.287 e. The first-order valence-corrected chi connectivity index (χ1v) is 3.31. The molecule has 1 rings (SSSR count). The summed E-state index contributed by atoms with van der Waals surface area (Å²) < 4.78 is 0. The number of aromatic nitrogens is 1. The summed E-state index contributed by atoms with van der Waals surface area (Å²) in [4.78, 5) is 13.3. The minimum Gasteiger partial charge on any atom is -0.370 e. The Labute approximate surface area is 73.2 Å². The van der Waals surface area contributed by atoms with E-state index in [1.54, 1.807) is 0 Å². The van der Waals surface area contributed by atoms with Gasteiger partial charge in [0.1, 0.15) is 12.0 Å². The lowest BCUT2D eigenvalue weighted by Gasteiger charge is -2.00. The Morgan fingerprint density at radius 2 is 2.38 bits per heavy atom. The van der Waals surface area contributed by atoms with Gasteiger partial charge in [-0.05, 0) is 6.07 Å². The molecule has 7 nitrogen and oxygen atoms in total. The number of guanidine groups is 1. The zero-order valence-electron chi connectivity index (χ0n) is 6.52. The van der Waals surface area contributed by atoms with Crippen molar-refractivity contribution in [3.8, 4) is 0 Å². The van der Waals surface area contributed by atoms with Crippen LogP contribution in [-0.2, 0) is 0 Å². The Morgan fingerprint density at radius 3 is 2.77 bits per heavy atom. The summed E-state index contributed by atoms with van der Waals surface area (Å²) in [7, 11) is 0. The number of nitrogens with one attached hydrogen (secondary N) is 2. The summed E-state index contributed by atoms with van der Waals surface area (Å²) in [6.45, 7) is 0. The van der Waals surface area contributed by atoms with E-state index in [2.05, 4.69) is 10.3 Å². The molecule has 0 saturated carbocycles. The number of nitrogens with zero attached hydrogens (tertiary/aromatic N) is 2. The molecule has 68 valence electrons. The molecular weight excluding hydrogens is 174 g/mol. The number of hydrogen-bond donors (Lipinski definition) is 3. The van der Waals surface area contributed by atoms with Crippen LogP contribution in [-0.4, -0.2) is 15.9 Å². The van der Waals surface area contributed by atoms with E-state index in [1.807, 2.05) is 0 Å². The highest BCUT2D eigenvalue weighted by atomic mass is 16.6. The van der Waals surface area contributed by atoms with Crippen molar-refractivity contribution in [3.05, 3.63) is 28.4 Å². The van der Waals surface area contributed by atoms with Crippen LogP contribution in [0.4, 0.5) is 11.5 Å². The summed E-state index contributed by atoms with van der Waals surface area (Å²) >= 11 is 0. The van der Waals surface area contributed by atoms with Gasteiger partial charge in [-0.2, -0.15) is 0 Å². The first-order valence-electron chi connectivity index (χ1n) is 3.31. The molecule has 0 aliphatic heterocycles. The van der Waals surface area contributed by atoms with Gasteiger partial charge >= 0.3 is 0 Å². The molecule has 1 aromatic rings. The third kappa shape index (κ3) is 2.40. The van der Waals surface area contributed by atoms with Crippen molar-refractivity contribution in [2.75, 3.05) is 5.32 Å². The molecule has 0 aromatic carbocycles. The van der Waals surface area contributed by atoms with Crippen LogP contribution in [0.5, 0.6) is 0 Å². The Morgan fingerprint density at radius 1 is 1.69 bits per heavy atom. The van der Waals surface area contributed by atoms with E-state index in [9.17, 15) is 10.1 Å². The lowest BCUT2D eigenvalue weighted by molar-refractivity contribution is -0.385. The minimum absolute atomic E-state index is 0.103. The van der Waals surface area contributed by atoms with Crippen LogP contribution in [0.1, 0.15) is 0 Å². The number of pyridine rings is 1. The first kappa shape index (κ1) is 8.91. The number of nitro groups is 1. The predicted octanol–water partition coefficient (Wildman–Crippen LogP) is 0.295. The van der Waals surface area contributed by atoms with Crippen molar-refractivity contribution in [1.29, 1.82) is 5.41 Å². The maximum atomic E-state index is 10.2. The molecule has 0 spiro atoms. The Bertz CT molecular complexity index is 333. The number of hydrogen-bond acceptors (Lipinski definition) is 4. The molecule has 0 saturated heterocycles. The normalized spacial score (nSPS) is 9.23. The SMILES string of the molecule is N=C(N)Nc1ccc([N+](=O)[O-])cn1. The fourth-order valence-corrected chi connectivity index (χ4v) is 0.706. The second-order valence-electron chi connectivity index (χ2n) is 2.20. The molecule has 0 fully saturated rings. The van der Waals surface area contributed by atoms with Crippen molar-refractivity contribution < 1.29 is 4.92 Å². The summed E-state index contributed by atoms with van der Waals surface area (Å²) in [6.07, 6.45) is 1.09. The van der Waals surface area contributed by atoms with Gasteiger partial charge in [-0.15, -0.1) is 0 Å². The molecule has 0 radical (unpaired) electrons. The van der Waals surface area contributed by atoms with Gasteiger partial charge in [0.25, 0.3) is 5.69 Å². The quantitative estimate of drug-likeness (QED) is 0.262. The zero-order chi connectivity index (χ0) is 9.84. The highest BCUT2D eigenvalue weighted by Gasteiger charge is 2.04. The van der Waals surface area contributed by atoms with Crippen molar-refractivity contribution >= 4 is 17.5 Å². The largest absolute Gasteiger partial charge is 0.370 e. The third-order valence-electron chi connectivity index (χ3n) is 1.22. The van der Waals surface area contributed by atoms with Crippen molar-refractivity contribution in [2.24, 2.45) is 5.73 Å². The standard InChI is InChI=1S/C6H7N5O2/c7-6(8)10-5-2-1-4(3-9-5)11(12)13/h1-3H,(H4,7,8,9,10). The maximum Gasteiger partial charge on any atom is 0.287 e. The monoisotopic (exact) mass is 181 g/mol. The molecule has 0 bridgehead atoms. The molecule has 0 aliphatic rings.